The molecule has 0 bridgehead atoms. The molecule has 0 N–H and O–H groups in total. The summed E-state index contributed by atoms with van der Waals surface area (Å²) in [5.41, 5.74) is 0. The van der Waals surface area contributed by atoms with Crippen LogP contribution in [0.4, 0.5) is 4.39 Å². The molecule has 90 valence electrons. The summed E-state index contributed by atoms with van der Waals surface area (Å²) in [6, 6.07) is 2.41. The maximum atomic E-state index is 11.9. The highest BCUT2D eigenvalue weighted by atomic mass is 35.7. The maximum absolute atomic E-state index is 11.9. The van der Waals surface area contributed by atoms with Gasteiger partial charge in [-0.05, 0) is 12.1 Å². The lowest BCUT2D eigenvalue weighted by Gasteiger charge is -2.09. The first-order valence-electron chi connectivity index (χ1n) is 3.99. The summed E-state index contributed by atoms with van der Waals surface area (Å²) in [4.78, 5) is -0.312. The van der Waals surface area contributed by atoms with Crippen LogP contribution < -0.4 is 4.74 Å². The van der Waals surface area contributed by atoms with Crippen molar-refractivity contribution in [3.05, 3.63) is 22.2 Å². The molecule has 1 aromatic carbocycles. The van der Waals surface area contributed by atoms with E-state index in [1.165, 1.54) is 6.07 Å². The lowest BCUT2D eigenvalue weighted by molar-refractivity contribution is 0.273. The Bertz CT molecular complexity index is 490. The smallest absolute Gasteiger partial charge is 0.262 e. The lowest BCUT2D eigenvalue weighted by atomic mass is 10.3. The fourth-order valence-electron chi connectivity index (χ4n) is 0.962. The number of alkyl halides is 1. The van der Waals surface area contributed by atoms with Crippen molar-refractivity contribution < 1.29 is 17.5 Å². The highest BCUT2D eigenvalue weighted by molar-refractivity contribution is 8.13. The molecule has 1 aromatic rings. The number of ether oxygens (including phenoxy) is 1. The molecule has 8 heteroatoms. The molecule has 1 rings (SSSR count). The third-order valence-corrected chi connectivity index (χ3v) is 3.95. The maximum Gasteiger partial charge on any atom is 0.262 e. The Hall–Kier alpha value is -0.230. The molecule has 0 aliphatic heterocycles. The zero-order valence-corrected chi connectivity index (χ0v) is 10.8. The van der Waals surface area contributed by atoms with Crippen molar-refractivity contribution in [2.45, 2.75) is 4.90 Å². The summed E-state index contributed by atoms with van der Waals surface area (Å²) < 4.78 is 38.9. The summed E-state index contributed by atoms with van der Waals surface area (Å²) >= 11 is 11.4. The highest BCUT2D eigenvalue weighted by Crippen LogP contribution is 2.37. The van der Waals surface area contributed by atoms with Gasteiger partial charge in [0.15, 0.2) is 0 Å². The summed E-state index contributed by atoms with van der Waals surface area (Å²) in [5.74, 6) is 0.105. The quantitative estimate of drug-likeness (QED) is 0.802. The first-order chi connectivity index (χ1) is 7.38. The van der Waals surface area contributed by atoms with Crippen molar-refractivity contribution in [1.82, 2.24) is 0 Å². The molecule has 0 fully saturated rings. The van der Waals surface area contributed by atoms with Gasteiger partial charge in [0.25, 0.3) is 9.05 Å². The van der Waals surface area contributed by atoms with Crippen molar-refractivity contribution in [2.75, 3.05) is 13.3 Å². The third kappa shape index (κ3) is 3.13. The largest absolute Gasteiger partial charge is 0.489 e. The zero-order valence-electron chi connectivity index (χ0n) is 7.71. The molecule has 0 amide bonds. The Morgan fingerprint density at radius 3 is 2.38 bits per heavy atom. The van der Waals surface area contributed by atoms with Crippen molar-refractivity contribution in [1.29, 1.82) is 0 Å². The first-order valence-corrected chi connectivity index (χ1v) is 7.06. The van der Waals surface area contributed by atoms with Gasteiger partial charge in [-0.1, -0.05) is 23.2 Å². The van der Waals surface area contributed by atoms with E-state index in [4.69, 9.17) is 38.6 Å². The van der Waals surface area contributed by atoms with Crippen LogP contribution in [0.3, 0.4) is 0 Å². The summed E-state index contributed by atoms with van der Waals surface area (Å²) in [6.45, 7) is -0.882. The van der Waals surface area contributed by atoms with Gasteiger partial charge >= 0.3 is 0 Å². The average Bonchev–Trinajstić information content (AvgIpc) is 2.18. The molecule has 0 aliphatic rings. The van der Waals surface area contributed by atoms with Gasteiger partial charge in [0.2, 0.25) is 0 Å². The second kappa shape index (κ2) is 5.40. The van der Waals surface area contributed by atoms with E-state index in [-0.39, 0.29) is 27.3 Å². The van der Waals surface area contributed by atoms with Crippen LogP contribution in [0.15, 0.2) is 17.0 Å². The second-order valence-corrected chi connectivity index (χ2v) is 5.96. The van der Waals surface area contributed by atoms with E-state index in [1.807, 2.05) is 0 Å². The van der Waals surface area contributed by atoms with Crippen LogP contribution in [0, 0.1) is 0 Å². The molecule has 0 unspecified atom stereocenters. The summed E-state index contributed by atoms with van der Waals surface area (Å²) in [7, 11) is 1.15. The van der Waals surface area contributed by atoms with E-state index in [9.17, 15) is 12.8 Å². The Morgan fingerprint density at radius 2 is 1.88 bits per heavy atom. The predicted molar refractivity (Wildman–Crippen MR) is 61.0 cm³/mol. The van der Waals surface area contributed by atoms with Crippen molar-refractivity contribution in [2.24, 2.45) is 0 Å². The van der Waals surface area contributed by atoms with E-state index in [1.54, 1.807) is 0 Å². The summed E-state index contributed by atoms with van der Waals surface area (Å²) in [5, 5.41) is -0.357. The van der Waals surface area contributed by atoms with Crippen LogP contribution in [0.5, 0.6) is 5.75 Å². The van der Waals surface area contributed by atoms with E-state index < -0.39 is 15.7 Å². The fraction of sp³-hybridized carbons (Fsp3) is 0.250. The summed E-state index contributed by atoms with van der Waals surface area (Å²) in [6.07, 6.45) is 0. The van der Waals surface area contributed by atoms with E-state index in [0.29, 0.717) is 0 Å². The molecule has 0 saturated heterocycles. The molecule has 16 heavy (non-hydrogen) atoms. The van der Waals surface area contributed by atoms with E-state index in [2.05, 4.69) is 0 Å². The first kappa shape index (κ1) is 13.8. The van der Waals surface area contributed by atoms with Gasteiger partial charge in [-0.15, -0.1) is 0 Å². The normalized spacial score (nSPS) is 11.5. The fourth-order valence-corrected chi connectivity index (χ4v) is 2.75. The Balaban J connectivity index is 3.19. The van der Waals surface area contributed by atoms with Gasteiger partial charge < -0.3 is 4.74 Å². The standard InChI is InChI=1S/C8H6Cl3FO3S/c9-7-5(15-4-3-12)1-2-6(8(7)10)16(11,13)14/h1-2H,3-4H2. The molecule has 0 radical (unpaired) electrons. The highest BCUT2D eigenvalue weighted by Gasteiger charge is 2.19. The minimum atomic E-state index is -3.97. The van der Waals surface area contributed by atoms with E-state index >= 15 is 0 Å². The zero-order chi connectivity index (χ0) is 12.3. The topological polar surface area (TPSA) is 43.4 Å². The van der Waals surface area contributed by atoms with Gasteiger partial charge in [-0.25, -0.2) is 12.8 Å². The Morgan fingerprint density at radius 1 is 1.25 bits per heavy atom. The molecular formula is C8H6Cl3FO3S. The van der Waals surface area contributed by atoms with Gasteiger partial charge in [-0.3, -0.25) is 0 Å². The second-order valence-electron chi connectivity index (χ2n) is 2.67. The van der Waals surface area contributed by atoms with Crippen LogP contribution in [0.25, 0.3) is 0 Å². The third-order valence-electron chi connectivity index (χ3n) is 1.61. The van der Waals surface area contributed by atoms with Crippen LogP contribution in [0.1, 0.15) is 0 Å². The van der Waals surface area contributed by atoms with Crippen molar-refractivity contribution >= 4 is 42.9 Å². The number of hydrogen-bond acceptors (Lipinski definition) is 3. The van der Waals surface area contributed by atoms with Gasteiger partial charge in [-0.2, -0.15) is 0 Å². The minimum absolute atomic E-state index is 0.105. The number of rotatable bonds is 4. The van der Waals surface area contributed by atoms with Gasteiger partial charge in [0.05, 0.1) is 5.02 Å². The van der Waals surface area contributed by atoms with Crippen molar-refractivity contribution in [3.8, 4) is 5.75 Å². The average molecular weight is 308 g/mol. The molecule has 0 aromatic heterocycles. The molecular weight excluding hydrogens is 302 g/mol. The minimum Gasteiger partial charge on any atom is -0.489 e. The molecule has 0 heterocycles. The SMILES string of the molecule is O=S(=O)(Cl)c1ccc(OCCF)c(Cl)c1Cl. The Labute approximate surface area is 106 Å². The van der Waals surface area contributed by atoms with Crippen LogP contribution in [0.2, 0.25) is 10.0 Å². The van der Waals surface area contributed by atoms with Gasteiger partial charge in [0, 0.05) is 10.7 Å². The van der Waals surface area contributed by atoms with Gasteiger partial charge in [0.1, 0.15) is 28.9 Å². The number of halogens is 4. The molecule has 0 spiro atoms. The monoisotopic (exact) mass is 306 g/mol. The number of hydrogen-bond donors (Lipinski definition) is 0. The molecule has 0 saturated carbocycles. The van der Waals surface area contributed by atoms with Crippen molar-refractivity contribution in [3.63, 3.8) is 0 Å². The molecule has 3 nitrogen and oxygen atoms in total. The van der Waals surface area contributed by atoms with E-state index in [0.717, 1.165) is 6.07 Å². The molecule has 0 atom stereocenters. The lowest BCUT2D eigenvalue weighted by Crippen LogP contribution is -2.00. The predicted octanol–water partition coefficient (Wildman–Crippen LogP) is 3.27. The van der Waals surface area contributed by atoms with Crippen LogP contribution in [-0.2, 0) is 9.05 Å². The van der Waals surface area contributed by atoms with Crippen LogP contribution in [-0.4, -0.2) is 21.7 Å². The number of benzene rings is 1. The van der Waals surface area contributed by atoms with Crippen LogP contribution >= 0.6 is 33.9 Å². The molecule has 0 aliphatic carbocycles. The Kier molecular flexibility index (Phi) is 4.67.